The van der Waals surface area contributed by atoms with Crippen molar-refractivity contribution < 1.29 is 29.2 Å². The summed E-state index contributed by atoms with van der Waals surface area (Å²) in [4.78, 5) is 14.2. The summed E-state index contributed by atoms with van der Waals surface area (Å²) in [5.74, 6) is 0.669. The number of hydrogen-bond acceptors (Lipinski definition) is 6. The number of rotatable bonds is 10. The molecule has 0 fully saturated rings. The summed E-state index contributed by atoms with van der Waals surface area (Å²) < 4.78 is 16.4. The second-order valence-corrected chi connectivity index (χ2v) is 8.26. The zero-order valence-electron chi connectivity index (χ0n) is 18.7. The highest BCUT2D eigenvalue weighted by Crippen LogP contribution is 2.21. The van der Waals surface area contributed by atoms with Crippen molar-refractivity contribution in [1.82, 2.24) is 4.90 Å². The molecule has 2 aromatic carbocycles. The number of ether oxygens (including phenoxy) is 3. The average Bonchev–Trinajstić information content (AvgIpc) is 2.75. The largest absolute Gasteiger partial charge is 0.497 e. The van der Waals surface area contributed by atoms with E-state index in [1.165, 1.54) is 4.90 Å². The van der Waals surface area contributed by atoms with Crippen LogP contribution in [0.5, 0.6) is 5.75 Å². The van der Waals surface area contributed by atoms with Crippen LogP contribution in [-0.4, -0.2) is 59.7 Å². The summed E-state index contributed by atoms with van der Waals surface area (Å²) in [5, 5.41) is 20.7. The quantitative estimate of drug-likeness (QED) is 0.598. The third kappa shape index (κ3) is 8.20. The van der Waals surface area contributed by atoms with Crippen LogP contribution in [0.25, 0.3) is 0 Å². The number of aliphatic hydroxyl groups excluding tert-OH is 2. The Labute approximate surface area is 184 Å². The second-order valence-electron chi connectivity index (χ2n) is 8.26. The summed E-state index contributed by atoms with van der Waals surface area (Å²) in [6, 6.07) is 15.9. The topological polar surface area (TPSA) is 88.5 Å². The molecule has 2 atom stereocenters. The number of nitrogens with zero attached hydrogens (tertiary/aromatic N) is 1. The number of hydrogen-bond donors (Lipinski definition) is 2. The third-order valence-corrected chi connectivity index (χ3v) is 4.57. The van der Waals surface area contributed by atoms with Gasteiger partial charge in [0.25, 0.3) is 0 Å². The summed E-state index contributed by atoms with van der Waals surface area (Å²) in [7, 11) is 1.57. The maximum absolute atomic E-state index is 12.9. The SMILES string of the molecule is COc1ccc(C(O)CN(C(=O)OC(C)(C)C)C(CO)COCc2ccccc2)cc1. The van der Waals surface area contributed by atoms with E-state index >= 15 is 0 Å². The van der Waals surface area contributed by atoms with Crippen molar-refractivity contribution in [3.8, 4) is 5.75 Å². The zero-order valence-corrected chi connectivity index (χ0v) is 18.7. The Balaban J connectivity index is 2.11. The number of carbonyl (C=O) groups is 1. The van der Waals surface area contributed by atoms with Crippen molar-refractivity contribution in [2.24, 2.45) is 0 Å². The molecule has 0 radical (unpaired) electrons. The van der Waals surface area contributed by atoms with Crippen LogP contribution in [0.2, 0.25) is 0 Å². The van der Waals surface area contributed by atoms with Crippen molar-refractivity contribution in [2.75, 3.05) is 26.9 Å². The van der Waals surface area contributed by atoms with Crippen LogP contribution in [0, 0.1) is 0 Å². The molecular weight excluding hydrogens is 398 g/mol. The molecule has 1 amide bonds. The van der Waals surface area contributed by atoms with E-state index in [1.54, 1.807) is 52.1 Å². The number of carbonyl (C=O) groups excluding carboxylic acids is 1. The minimum Gasteiger partial charge on any atom is -0.497 e. The Morgan fingerprint density at radius 3 is 2.26 bits per heavy atom. The molecule has 0 aliphatic heterocycles. The highest BCUT2D eigenvalue weighted by molar-refractivity contribution is 5.68. The molecule has 0 aliphatic rings. The lowest BCUT2D eigenvalue weighted by Crippen LogP contribution is -2.49. The third-order valence-electron chi connectivity index (χ3n) is 4.57. The molecule has 31 heavy (non-hydrogen) atoms. The van der Waals surface area contributed by atoms with Crippen LogP contribution in [-0.2, 0) is 16.1 Å². The lowest BCUT2D eigenvalue weighted by atomic mass is 10.1. The van der Waals surface area contributed by atoms with E-state index in [4.69, 9.17) is 14.2 Å². The summed E-state index contributed by atoms with van der Waals surface area (Å²) in [6.45, 7) is 5.36. The van der Waals surface area contributed by atoms with Gasteiger partial charge in [-0.3, -0.25) is 4.90 Å². The molecule has 0 spiro atoms. The average molecular weight is 432 g/mol. The number of amides is 1. The number of benzene rings is 2. The smallest absolute Gasteiger partial charge is 0.410 e. The molecule has 0 aromatic heterocycles. The van der Waals surface area contributed by atoms with Gasteiger partial charge in [0, 0.05) is 0 Å². The van der Waals surface area contributed by atoms with Gasteiger partial charge in [-0.2, -0.15) is 0 Å². The molecule has 0 bridgehead atoms. The number of aliphatic hydroxyl groups is 2. The molecule has 7 nitrogen and oxygen atoms in total. The molecule has 2 unspecified atom stereocenters. The first kappa shape index (κ1) is 24.7. The van der Waals surface area contributed by atoms with E-state index in [-0.39, 0.29) is 19.8 Å². The molecule has 170 valence electrons. The lowest BCUT2D eigenvalue weighted by molar-refractivity contribution is -0.0247. The van der Waals surface area contributed by atoms with Gasteiger partial charge in [0.1, 0.15) is 11.4 Å². The van der Waals surface area contributed by atoms with E-state index in [0.29, 0.717) is 17.9 Å². The Morgan fingerprint density at radius 1 is 1.06 bits per heavy atom. The van der Waals surface area contributed by atoms with E-state index < -0.39 is 23.8 Å². The van der Waals surface area contributed by atoms with E-state index in [1.807, 2.05) is 30.3 Å². The molecule has 0 saturated heterocycles. The van der Waals surface area contributed by atoms with Gasteiger partial charge in [-0.05, 0) is 44.0 Å². The first-order valence-electron chi connectivity index (χ1n) is 10.3. The second kappa shape index (κ2) is 11.7. The van der Waals surface area contributed by atoms with Crippen LogP contribution >= 0.6 is 0 Å². The fourth-order valence-corrected chi connectivity index (χ4v) is 2.94. The van der Waals surface area contributed by atoms with Crippen molar-refractivity contribution in [2.45, 2.75) is 45.1 Å². The van der Waals surface area contributed by atoms with E-state index in [2.05, 4.69) is 0 Å². The molecular formula is C24H33NO6. The fraction of sp³-hybridized carbons (Fsp3) is 0.458. The van der Waals surface area contributed by atoms with Gasteiger partial charge in [0.05, 0.1) is 45.6 Å². The molecule has 0 aliphatic carbocycles. The van der Waals surface area contributed by atoms with Crippen LogP contribution in [0.3, 0.4) is 0 Å². The maximum atomic E-state index is 12.9. The van der Waals surface area contributed by atoms with Crippen LogP contribution in [0.15, 0.2) is 54.6 Å². The molecule has 2 rings (SSSR count). The lowest BCUT2D eigenvalue weighted by Gasteiger charge is -2.34. The van der Waals surface area contributed by atoms with Crippen molar-refractivity contribution in [1.29, 1.82) is 0 Å². The molecule has 0 heterocycles. The molecule has 2 N–H and O–H groups in total. The van der Waals surface area contributed by atoms with Crippen molar-refractivity contribution in [3.63, 3.8) is 0 Å². The van der Waals surface area contributed by atoms with Crippen LogP contribution in [0.1, 0.15) is 38.0 Å². The first-order valence-corrected chi connectivity index (χ1v) is 10.3. The Morgan fingerprint density at radius 2 is 1.71 bits per heavy atom. The van der Waals surface area contributed by atoms with Crippen molar-refractivity contribution in [3.05, 3.63) is 65.7 Å². The van der Waals surface area contributed by atoms with Gasteiger partial charge >= 0.3 is 6.09 Å². The van der Waals surface area contributed by atoms with Crippen LogP contribution < -0.4 is 4.74 Å². The first-order chi connectivity index (χ1) is 14.7. The Hall–Kier alpha value is -2.61. The Bertz CT molecular complexity index is 788. The van der Waals surface area contributed by atoms with E-state index in [9.17, 15) is 15.0 Å². The molecule has 7 heteroatoms. The van der Waals surface area contributed by atoms with Gasteiger partial charge in [-0.1, -0.05) is 42.5 Å². The summed E-state index contributed by atoms with van der Waals surface area (Å²) in [5.41, 5.74) is 0.892. The standard InChI is InChI=1S/C24H33NO6/c1-24(2,3)31-23(28)25(14-22(27)19-10-12-21(29-4)13-11-19)20(15-26)17-30-16-18-8-6-5-7-9-18/h5-13,20,22,26-27H,14-17H2,1-4H3. The molecule has 0 saturated carbocycles. The predicted molar refractivity (Wildman–Crippen MR) is 118 cm³/mol. The van der Waals surface area contributed by atoms with Gasteiger partial charge in [0.2, 0.25) is 0 Å². The highest BCUT2D eigenvalue weighted by atomic mass is 16.6. The predicted octanol–water partition coefficient (Wildman–Crippen LogP) is 3.54. The molecule has 2 aromatic rings. The van der Waals surface area contributed by atoms with Gasteiger partial charge in [-0.15, -0.1) is 0 Å². The minimum atomic E-state index is -0.971. The van der Waals surface area contributed by atoms with Gasteiger partial charge in [0.15, 0.2) is 0 Å². The summed E-state index contributed by atoms with van der Waals surface area (Å²) in [6.07, 6.45) is -1.59. The fourth-order valence-electron chi connectivity index (χ4n) is 2.94. The maximum Gasteiger partial charge on any atom is 0.410 e. The monoisotopic (exact) mass is 431 g/mol. The van der Waals surface area contributed by atoms with E-state index in [0.717, 1.165) is 5.56 Å². The minimum absolute atomic E-state index is 0.0544. The summed E-state index contributed by atoms with van der Waals surface area (Å²) >= 11 is 0. The number of methoxy groups -OCH3 is 1. The Kier molecular flexibility index (Phi) is 9.30. The van der Waals surface area contributed by atoms with Crippen molar-refractivity contribution >= 4 is 6.09 Å². The zero-order chi connectivity index (χ0) is 22.9. The van der Waals surface area contributed by atoms with Gasteiger partial charge in [-0.25, -0.2) is 4.79 Å². The highest BCUT2D eigenvalue weighted by Gasteiger charge is 2.30. The van der Waals surface area contributed by atoms with Gasteiger partial charge < -0.3 is 24.4 Å². The van der Waals surface area contributed by atoms with Crippen LogP contribution in [0.4, 0.5) is 4.79 Å². The normalized spacial score (nSPS) is 13.4.